The number of carbonyl (C=O) groups is 2. The number of amides is 2. The van der Waals surface area contributed by atoms with Crippen molar-refractivity contribution in [1.82, 2.24) is 0 Å². The highest BCUT2D eigenvalue weighted by Crippen LogP contribution is 2.30. The molecule has 3 N–H and O–H groups in total. The van der Waals surface area contributed by atoms with Gasteiger partial charge in [0.2, 0.25) is 11.8 Å². The van der Waals surface area contributed by atoms with Crippen LogP contribution in [0.25, 0.3) is 0 Å². The van der Waals surface area contributed by atoms with Crippen LogP contribution in [-0.2, 0) is 16.0 Å². The summed E-state index contributed by atoms with van der Waals surface area (Å²) in [5.74, 6) is -0.0768. The number of anilines is 2. The fourth-order valence-electron chi connectivity index (χ4n) is 3.04. The molecule has 2 aromatic carbocycles. The van der Waals surface area contributed by atoms with Gasteiger partial charge >= 0.3 is 0 Å². The van der Waals surface area contributed by atoms with Crippen molar-refractivity contribution < 1.29 is 9.59 Å². The van der Waals surface area contributed by atoms with E-state index in [0.717, 1.165) is 28.9 Å². The number of nitrogens with zero attached hydrogens (tertiary/aromatic N) is 1. The van der Waals surface area contributed by atoms with Crippen LogP contribution in [0.3, 0.4) is 0 Å². The topological polar surface area (TPSA) is 75.4 Å². The molecule has 1 heterocycles. The van der Waals surface area contributed by atoms with E-state index in [1.54, 1.807) is 11.8 Å². The summed E-state index contributed by atoms with van der Waals surface area (Å²) in [5.41, 5.74) is 9.78. The van der Waals surface area contributed by atoms with Crippen LogP contribution < -0.4 is 16.0 Å². The van der Waals surface area contributed by atoms with Crippen molar-refractivity contribution in [1.29, 1.82) is 0 Å². The summed E-state index contributed by atoms with van der Waals surface area (Å²) in [5, 5.41) is 2.89. The molecule has 124 valence electrons. The van der Waals surface area contributed by atoms with Gasteiger partial charge in [-0.1, -0.05) is 30.3 Å². The first-order valence-electron chi connectivity index (χ1n) is 8.06. The third-order valence-electron chi connectivity index (χ3n) is 4.27. The second kappa shape index (κ2) is 6.84. The average molecular weight is 323 g/mol. The smallest absolute Gasteiger partial charge is 0.226 e. The molecule has 0 aromatic heterocycles. The summed E-state index contributed by atoms with van der Waals surface area (Å²) in [4.78, 5) is 25.5. The van der Waals surface area contributed by atoms with E-state index in [-0.39, 0.29) is 24.3 Å². The molecular weight excluding hydrogens is 302 g/mol. The summed E-state index contributed by atoms with van der Waals surface area (Å²) in [6, 6.07) is 14.9. The largest absolute Gasteiger partial charge is 0.326 e. The molecule has 0 saturated carbocycles. The highest BCUT2D eigenvalue weighted by Gasteiger charge is 2.22. The van der Waals surface area contributed by atoms with E-state index in [9.17, 15) is 9.59 Å². The Hall–Kier alpha value is -2.66. The van der Waals surface area contributed by atoms with Gasteiger partial charge in [0.25, 0.3) is 0 Å². The fourth-order valence-corrected chi connectivity index (χ4v) is 3.04. The lowest BCUT2D eigenvalue weighted by Gasteiger charge is -2.15. The van der Waals surface area contributed by atoms with Gasteiger partial charge < -0.3 is 16.0 Å². The number of nitrogens with one attached hydrogen (secondary N) is 1. The monoisotopic (exact) mass is 323 g/mol. The lowest BCUT2D eigenvalue weighted by atomic mass is 10.0. The number of rotatable bonds is 4. The molecule has 0 saturated heterocycles. The highest BCUT2D eigenvalue weighted by molar-refractivity contribution is 5.95. The van der Waals surface area contributed by atoms with Crippen molar-refractivity contribution in [3.63, 3.8) is 0 Å². The Kier molecular flexibility index (Phi) is 4.62. The SMILES string of the molecule is CC(=O)N1CCc2cc(NC(=O)CC(N)c3ccccc3)ccc21. The van der Waals surface area contributed by atoms with Gasteiger partial charge in [-0.2, -0.15) is 0 Å². The molecule has 5 nitrogen and oxygen atoms in total. The minimum atomic E-state index is -0.325. The van der Waals surface area contributed by atoms with Gasteiger partial charge in [-0.15, -0.1) is 0 Å². The average Bonchev–Trinajstić information content (AvgIpc) is 2.99. The lowest BCUT2D eigenvalue weighted by molar-refractivity contribution is -0.117. The molecule has 0 spiro atoms. The Morgan fingerprint density at radius 3 is 2.67 bits per heavy atom. The predicted molar refractivity (Wildman–Crippen MR) is 94.8 cm³/mol. The quantitative estimate of drug-likeness (QED) is 0.908. The molecule has 2 aromatic rings. The highest BCUT2D eigenvalue weighted by atomic mass is 16.2. The molecule has 5 heteroatoms. The maximum Gasteiger partial charge on any atom is 0.226 e. The zero-order chi connectivity index (χ0) is 17.1. The van der Waals surface area contributed by atoms with Crippen LogP contribution in [0.1, 0.15) is 30.5 Å². The number of carbonyl (C=O) groups excluding carboxylic acids is 2. The van der Waals surface area contributed by atoms with Crippen LogP contribution in [0.15, 0.2) is 48.5 Å². The maximum atomic E-state index is 12.2. The van der Waals surface area contributed by atoms with Crippen molar-refractivity contribution in [2.24, 2.45) is 5.73 Å². The first-order chi connectivity index (χ1) is 11.5. The fraction of sp³-hybridized carbons (Fsp3) is 0.263. The van der Waals surface area contributed by atoms with Crippen molar-refractivity contribution in [3.05, 3.63) is 59.7 Å². The van der Waals surface area contributed by atoms with E-state index in [1.807, 2.05) is 48.5 Å². The summed E-state index contributed by atoms with van der Waals surface area (Å²) in [6.07, 6.45) is 1.03. The van der Waals surface area contributed by atoms with Crippen LogP contribution in [-0.4, -0.2) is 18.4 Å². The number of hydrogen-bond acceptors (Lipinski definition) is 3. The Morgan fingerprint density at radius 1 is 1.21 bits per heavy atom. The third-order valence-corrected chi connectivity index (χ3v) is 4.27. The van der Waals surface area contributed by atoms with Crippen LogP contribution in [0.5, 0.6) is 0 Å². The van der Waals surface area contributed by atoms with Crippen molar-refractivity contribution >= 4 is 23.2 Å². The first-order valence-corrected chi connectivity index (χ1v) is 8.06. The number of hydrogen-bond donors (Lipinski definition) is 2. The molecule has 0 fully saturated rings. The first kappa shape index (κ1) is 16.2. The second-order valence-electron chi connectivity index (χ2n) is 6.03. The van der Waals surface area contributed by atoms with Gasteiger partial charge in [0, 0.05) is 37.3 Å². The van der Waals surface area contributed by atoms with Crippen molar-refractivity contribution in [2.45, 2.75) is 25.8 Å². The normalized spacial score (nSPS) is 14.2. The number of nitrogens with two attached hydrogens (primary N) is 1. The van der Waals surface area contributed by atoms with E-state index in [1.165, 1.54) is 0 Å². The molecule has 2 amide bonds. The molecule has 1 unspecified atom stereocenters. The van der Waals surface area contributed by atoms with E-state index in [0.29, 0.717) is 6.54 Å². The Labute approximate surface area is 141 Å². The molecule has 1 atom stereocenters. The van der Waals surface area contributed by atoms with Gasteiger partial charge in [0.05, 0.1) is 0 Å². The Balaban J connectivity index is 1.64. The molecule has 1 aliphatic rings. The van der Waals surface area contributed by atoms with E-state index in [4.69, 9.17) is 5.73 Å². The van der Waals surface area contributed by atoms with Crippen LogP contribution in [0, 0.1) is 0 Å². The predicted octanol–water partition coefficient (Wildman–Crippen LogP) is 2.62. The van der Waals surface area contributed by atoms with Crippen molar-refractivity contribution in [2.75, 3.05) is 16.8 Å². The minimum absolute atomic E-state index is 0.0411. The molecule has 0 radical (unpaired) electrons. The van der Waals surface area contributed by atoms with E-state index >= 15 is 0 Å². The summed E-state index contributed by atoms with van der Waals surface area (Å²) in [6.45, 7) is 2.26. The van der Waals surface area contributed by atoms with Crippen LogP contribution in [0.4, 0.5) is 11.4 Å². The summed E-state index contributed by atoms with van der Waals surface area (Å²) < 4.78 is 0. The van der Waals surface area contributed by atoms with E-state index in [2.05, 4.69) is 5.32 Å². The van der Waals surface area contributed by atoms with Gasteiger partial charge in [0.1, 0.15) is 0 Å². The Morgan fingerprint density at radius 2 is 1.96 bits per heavy atom. The van der Waals surface area contributed by atoms with Crippen LogP contribution in [0.2, 0.25) is 0 Å². The van der Waals surface area contributed by atoms with Crippen LogP contribution >= 0.6 is 0 Å². The van der Waals surface area contributed by atoms with Gasteiger partial charge in [0.15, 0.2) is 0 Å². The van der Waals surface area contributed by atoms with E-state index < -0.39 is 0 Å². The summed E-state index contributed by atoms with van der Waals surface area (Å²) in [7, 11) is 0. The zero-order valence-electron chi connectivity index (χ0n) is 13.7. The molecule has 1 aliphatic heterocycles. The number of benzene rings is 2. The van der Waals surface area contributed by atoms with Gasteiger partial charge in [-0.05, 0) is 35.7 Å². The molecule has 0 bridgehead atoms. The number of fused-ring (bicyclic) bond motifs is 1. The van der Waals surface area contributed by atoms with Gasteiger partial charge in [-0.25, -0.2) is 0 Å². The van der Waals surface area contributed by atoms with Crippen molar-refractivity contribution in [3.8, 4) is 0 Å². The second-order valence-corrected chi connectivity index (χ2v) is 6.03. The minimum Gasteiger partial charge on any atom is -0.326 e. The molecular formula is C19H21N3O2. The molecule has 24 heavy (non-hydrogen) atoms. The molecule has 3 rings (SSSR count). The standard InChI is InChI=1S/C19H21N3O2/c1-13(23)22-10-9-15-11-16(7-8-18(15)22)21-19(24)12-17(20)14-5-3-2-4-6-14/h2-8,11,17H,9-10,12,20H2,1H3,(H,21,24). The lowest BCUT2D eigenvalue weighted by Crippen LogP contribution is -2.25. The Bertz CT molecular complexity index is 758. The summed E-state index contributed by atoms with van der Waals surface area (Å²) >= 11 is 0. The molecule has 0 aliphatic carbocycles. The van der Waals surface area contributed by atoms with Gasteiger partial charge in [-0.3, -0.25) is 9.59 Å². The maximum absolute atomic E-state index is 12.2. The third kappa shape index (κ3) is 3.46. The zero-order valence-corrected chi connectivity index (χ0v) is 13.7.